The van der Waals surface area contributed by atoms with E-state index >= 15 is 0 Å². The second-order valence-electron chi connectivity index (χ2n) is 2.73. The van der Waals surface area contributed by atoms with Crippen molar-refractivity contribution in [2.24, 2.45) is 5.11 Å². The van der Waals surface area contributed by atoms with Crippen LogP contribution in [0.4, 0.5) is 0 Å². The molecule has 0 aromatic carbocycles. The number of rotatable bonds is 6. The van der Waals surface area contributed by atoms with Crippen molar-refractivity contribution in [3.63, 3.8) is 0 Å². The Morgan fingerprint density at radius 1 is 1.80 bits per heavy atom. The summed E-state index contributed by atoms with van der Waals surface area (Å²) in [5.74, 6) is 0. The summed E-state index contributed by atoms with van der Waals surface area (Å²) in [5, 5.41) is 15.3. The maximum absolute atomic E-state index is 8.88. The Balaban J connectivity index is 2.30. The van der Waals surface area contributed by atoms with Gasteiger partial charge < -0.3 is 0 Å². The Morgan fingerprint density at radius 2 is 2.67 bits per heavy atom. The first kappa shape index (κ1) is 11.5. The predicted octanol–water partition coefficient (Wildman–Crippen LogP) is 2.00. The molecule has 0 saturated heterocycles. The van der Waals surface area contributed by atoms with E-state index in [1.54, 1.807) is 11.7 Å². The summed E-state index contributed by atoms with van der Waals surface area (Å²) in [6.07, 6.45) is 2.40. The highest BCUT2D eigenvalue weighted by Gasteiger charge is 2.09. The largest absolute Gasteiger partial charge is 0.297 e. The van der Waals surface area contributed by atoms with Gasteiger partial charge in [0.2, 0.25) is 0 Å². The van der Waals surface area contributed by atoms with Gasteiger partial charge in [-0.05, 0) is 18.5 Å². The number of aromatic nitrogens is 1. The van der Waals surface area contributed by atoms with E-state index in [0.29, 0.717) is 13.1 Å². The standard InChI is InChI=1S/C8H10N6S/c9-4-7(8-5-11-6-15-8)12-2-1-3-13-14-10/h5-7,12H,1-3H2. The van der Waals surface area contributed by atoms with Crippen LogP contribution in [0.15, 0.2) is 16.8 Å². The maximum Gasteiger partial charge on any atom is 0.132 e. The van der Waals surface area contributed by atoms with E-state index in [-0.39, 0.29) is 6.04 Å². The lowest BCUT2D eigenvalue weighted by molar-refractivity contribution is 0.613. The van der Waals surface area contributed by atoms with Crippen molar-refractivity contribution >= 4 is 11.3 Å². The molecule has 78 valence electrons. The summed E-state index contributed by atoms with van der Waals surface area (Å²) in [4.78, 5) is 7.46. The molecule has 6 nitrogen and oxygen atoms in total. The molecule has 15 heavy (non-hydrogen) atoms. The van der Waals surface area contributed by atoms with Gasteiger partial charge in [0.25, 0.3) is 0 Å². The van der Waals surface area contributed by atoms with E-state index in [0.717, 1.165) is 11.3 Å². The lowest BCUT2D eigenvalue weighted by Gasteiger charge is -2.07. The van der Waals surface area contributed by atoms with Crippen LogP contribution < -0.4 is 5.32 Å². The smallest absolute Gasteiger partial charge is 0.132 e. The molecule has 1 aromatic heterocycles. The molecule has 1 N–H and O–H groups in total. The zero-order chi connectivity index (χ0) is 10.9. The van der Waals surface area contributed by atoms with Gasteiger partial charge in [-0.25, -0.2) is 0 Å². The average Bonchev–Trinajstić information content (AvgIpc) is 2.77. The van der Waals surface area contributed by atoms with Crippen LogP contribution in [-0.2, 0) is 0 Å². The number of nitrogens with zero attached hydrogens (tertiary/aromatic N) is 5. The van der Waals surface area contributed by atoms with Crippen molar-refractivity contribution in [2.45, 2.75) is 12.5 Å². The first-order valence-corrected chi connectivity index (χ1v) is 5.28. The van der Waals surface area contributed by atoms with Gasteiger partial charge in [0.05, 0.1) is 16.5 Å². The first-order valence-electron chi connectivity index (χ1n) is 4.40. The van der Waals surface area contributed by atoms with E-state index < -0.39 is 0 Å². The molecule has 1 rings (SSSR count). The van der Waals surface area contributed by atoms with Gasteiger partial charge in [0.1, 0.15) is 6.04 Å². The second kappa shape index (κ2) is 6.79. The predicted molar refractivity (Wildman–Crippen MR) is 57.1 cm³/mol. The molecule has 0 aliphatic rings. The Kier molecular flexibility index (Phi) is 5.19. The number of hydrogen-bond donors (Lipinski definition) is 1. The molecule has 1 atom stereocenters. The third kappa shape index (κ3) is 3.95. The molecule has 1 unspecified atom stereocenters. The van der Waals surface area contributed by atoms with Gasteiger partial charge in [-0.3, -0.25) is 10.3 Å². The molecule has 0 aliphatic heterocycles. The van der Waals surface area contributed by atoms with E-state index in [4.69, 9.17) is 10.8 Å². The lowest BCUT2D eigenvalue weighted by Crippen LogP contribution is -2.20. The minimum atomic E-state index is -0.316. The normalized spacial score (nSPS) is 11.4. The van der Waals surface area contributed by atoms with Gasteiger partial charge >= 0.3 is 0 Å². The lowest BCUT2D eigenvalue weighted by atomic mass is 10.3. The number of thiazole rings is 1. The van der Waals surface area contributed by atoms with Gasteiger partial charge in [-0.2, -0.15) is 5.26 Å². The first-order chi connectivity index (χ1) is 7.38. The van der Waals surface area contributed by atoms with Crippen molar-refractivity contribution in [1.82, 2.24) is 10.3 Å². The summed E-state index contributed by atoms with van der Waals surface area (Å²) in [5.41, 5.74) is 9.75. The highest BCUT2D eigenvalue weighted by atomic mass is 32.1. The summed E-state index contributed by atoms with van der Waals surface area (Å²) < 4.78 is 0. The van der Waals surface area contributed by atoms with Crippen LogP contribution in [0.3, 0.4) is 0 Å². The fraction of sp³-hybridized carbons (Fsp3) is 0.500. The molecule has 0 fully saturated rings. The van der Waals surface area contributed by atoms with Crippen molar-refractivity contribution in [1.29, 1.82) is 5.26 Å². The van der Waals surface area contributed by atoms with Crippen LogP contribution in [0.5, 0.6) is 0 Å². The average molecular weight is 222 g/mol. The fourth-order valence-corrected chi connectivity index (χ4v) is 1.66. The molecule has 7 heteroatoms. The van der Waals surface area contributed by atoms with Crippen LogP contribution in [-0.4, -0.2) is 18.1 Å². The quantitative estimate of drug-likeness (QED) is 0.345. The number of azide groups is 1. The summed E-state index contributed by atoms with van der Waals surface area (Å²) in [7, 11) is 0. The number of nitrogens with one attached hydrogen (secondary N) is 1. The molecule has 0 radical (unpaired) electrons. The molecular weight excluding hydrogens is 212 g/mol. The molecule has 1 heterocycles. The van der Waals surface area contributed by atoms with Gasteiger partial charge in [-0.1, -0.05) is 5.11 Å². The third-order valence-corrected chi connectivity index (χ3v) is 2.55. The zero-order valence-electron chi connectivity index (χ0n) is 8.00. The summed E-state index contributed by atoms with van der Waals surface area (Å²) >= 11 is 1.45. The van der Waals surface area contributed by atoms with E-state index in [9.17, 15) is 0 Å². The maximum atomic E-state index is 8.88. The molecule has 0 bridgehead atoms. The molecular formula is C8H10N6S. The van der Waals surface area contributed by atoms with Crippen molar-refractivity contribution in [2.75, 3.05) is 13.1 Å². The van der Waals surface area contributed by atoms with Crippen molar-refractivity contribution < 1.29 is 0 Å². The van der Waals surface area contributed by atoms with Gasteiger partial charge in [0, 0.05) is 17.7 Å². The van der Waals surface area contributed by atoms with E-state index in [1.165, 1.54) is 11.3 Å². The van der Waals surface area contributed by atoms with Crippen molar-refractivity contribution in [3.8, 4) is 6.07 Å². The molecule has 0 saturated carbocycles. The van der Waals surface area contributed by atoms with Gasteiger partial charge in [0.15, 0.2) is 0 Å². The monoisotopic (exact) mass is 222 g/mol. The minimum Gasteiger partial charge on any atom is -0.297 e. The Morgan fingerprint density at radius 3 is 3.27 bits per heavy atom. The summed E-state index contributed by atoms with van der Waals surface area (Å²) in [6.45, 7) is 1.10. The fourth-order valence-electron chi connectivity index (χ4n) is 1.02. The van der Waals surface area contributed by atoms with E-state index in [2.05, 4.69) is 26.4 Å². The number of hydrogen-bond acceptors (Lipinski definition) is 5. The van der Waals surface area contributed by atoms with Crippen molar-refractivity contribution in [3.05, 3.63) is 27.0 Å². The van der Waals surface area contributed by atoms with Crippen LogP contribution >= 0.6 is 11.3 Å². The Bertz CT molecular complexity index is 361. The van der Waals surface area contributed by atoms with Crippen LogP contribution in [0.1, 0.15) is 17.3 Å². The Labute approximate surface area is 91.2 Å². The highest BCUT2D eigenvalue weighted by Crippen LogP contribution is 2.15. The topological polar surface area (TPSA) is 97.5 Å². The minimum absolute atomic E-state index is 0.316. The summed E-state index contributed by atoms with van der Waals surface area (Å²) in [6, 6.07) is 1.84. The molecule has 0 spiro atoms. The third-order valence-electron chi connectivity index (χ3n) is 1.71. The number of nitriles is 1. The van der Waals surface area contributed by atoms with E-state index in [1.807, 2.05) is 0 Å². The Hall–Kier alpha value is -1.61. The van der Waals surface area contributed by atoms with Crippen LogP contribution in [0.2, 0.25) is 0 Å². The SMILES string of the molecule is N#CC(NCCCN=[N+]=[N-])c1cncs1. The van der Waals surface area contributed by atoms with Crippen LogP contribution in [0, 0.1) is 11.3 Å². The second-order valence-corrected chi connectivity index (χ2v) is 3.65. The molecule has 1 aromatic rings. The molecule has 0 amide bonds. The highest BCUT2D eigenvalue weighted by molar-refractivity contribution is 7.09. The zero-order valence-corrected chi connectivity index (χ0v) is 8.81. The molecule has 0 aliphatic carbocycles. The van der Waals surface area contributed by atoms with Crippen LogP contribution in [0.25, 0.3) is 10.4 Å². The van der Waals surface area contributed by atoms with Gasteiger partial charge in [-0.15, -0.1) is 11.3 Å².